The van der Waals surface area contributed by atoms with Gasteiger partial charge in [0.25, 0.3) is 5.91 Å². The van der Waals surface area contributed by atoms with E-state index in [1.54, 1.807) is 24.3 Å². The van der Waals surface area contributed by atoms with Crippen molar-refractivity contribution in [3.8, 4) is 6.07 Å². The van der Waals surface area contributed by atoms with Crippen molar-refractivity contribution in [2.75, 3.05) is 31.1 Å². The molecule has 5 nitrogen and oxygen atoms in total. The monoisotopic (exact) mass is 356 g/mol. The van der Waals surface area contributed by atoms with Crippen LogP contribution in [0.15, 0.2) is 54.6 Å². The Morgan fingerprint density at radius 1 is 1.04 bits per heavy atom. The maximum Gasteiger partial charge on any atom is 0.254 e. The van der Waals surface area contributed by atoms with Crippen LogP contribution in [0, 0.1) is 18.3 Å². The zero-order valence-electron chi connectivity index (χ0n) is 15.2. The van der Waals surface area contributed by atoms with Gasteiger partial charge in [-0.1, -0.05) is 24.3 Å². The first-order chi connectivity index (χ1) is 13.2. The second-order valence-electron chi connectivity index (χ2n) is 6.79. The molecule has 1 aliphatic rings. The first-order valence-electron chi connectivity index (χ1n) is 9.06. The summed E-state index contributed by atoms with van der Waals surface area (Å²) in [5, 5.41) is 10.2. The summed E-state index contributed by atoms with van der Waals surface area (Å²) in [7, 11) is 0. The number of carbonyl (C=O) groups excluding carboxylic acids is 1. The number of para-hydroxylation sites is 1. The van der Waals surface area contributed by atoms with Gasteiger partial charge in [-0.25, -0.2) is 4.98 Å². The van der Waals surface area contributed by atoms with Crippen LogP contribution in [0.4, 0.5) is 5.82 Å². The SMILES string of the molecule is Cc1cc(N2CCN(C(=O)c3cccc(C#N)c3)CC2)nc2ccccc12. The average Bonchev–Trinajstić information content (AvgIpc) is 2.73. The van der Waals surface area contributed by atoms with Crippen LogP contribution in [-0.4, -0.2) is 42.0 Å². The van der Waals surface area contributed by atoms with Crippen LogP contribution in [0.3, 0.4) is 0 Å². The molecule has 1 aromatic heterocycles. The van der Waals surface area contributed by atoms with Crippen LogP contribution in [0.2, 0.25) is 0 Å². The Kier molecular flexibility index (Phi) is 4.47. The van der Waals surface area contributed by atoms with E-state index in [0.29, 0.717) is 24.2 Å². The van der Waals surface area contributed by atoms with E-state index in [0.717, 1.165) is 24.4 Å². The van der Waals surface area contributed by atoms with Crippen molar-refractivity contribution in [1.29, 1.82) is 5.26 Å². The van der Waals surface area contributed by atoms with Gasteiger partial charge >= 0.3 is 0 Å². The Hall–Kier alpha value is -3.39. The van der Waals surface area contributed by atoms with Crippen molar-refractivity contribution in [1.82, 2.24) is 9.88 Å². The quantitative estimate of drug-likeness (QED) is 0.706. The lowest BCUT2D eigenvalue weighted by Crippen LogP contribution is -2.49. The summed E-state index contributed by atoms with van der Waals surface area (Å²) in [6.07, 6.45) is 0. The van der Waals surface area contributed by atoms with E-state index in [9.17, 15) is 4.79 Å². The molecule has 0 atom stereocenters. The van der Waals surface area contributed by atoms with E-state index < -0.39 is 0 Å². The molecule has 2 heterocycles. The Balaban J connectivity index is 1.49. The van der Waals surface area contributed by atoms with E-state index in [2.05, 4.69) is 30.0 Å². The number of piperazine rings is 1. The fourth-order valence-corrected chi connectivity index (χ4v) is 3.54. The lowest BCUT2D eigenvalue weighted by Gasteiger charge is -2.35. The van der Waals surface area contributed by atoms with Crippen molar-refractivity contribution in [2.24, 2.45) is 0 Å². The third kappa shape index (κ3) is 3.34. The van der Waals surface area contributed by atoms with Crippen molar-refractivity contribution in [3.05, 3.63) is 71.3 Å². The van der Waals surface area contributed by atoms with Crippen LogP contribution in [0.1, 0.15) is 21.5 Å². The van der Waals surface area contributed by atoms with Gasteiger partial charge < -0.3 is 9.80 Å². The Labute approximate surface area is 158 Å². The van der Waals surface area contributed by atoms with Gasteiger partial charge in [-0.15, -0.1) is 0 Å². The average molecular weight is 356 g/mol. The predicted molar refractivity (Wildman–Crippen MR) is 106 cm³/mol. The molecule has 1 aliphatic heterocycles. The van der Waals surface area contributed by atoms with E-state index in [1.165, 1.54) is 10.9 Å². The Morgan fingerprint density at radius 3 is 2.59 bits per heavy atom. The van der Waals surface area contributed by atoms with E-state index in [-0.39, 0.29) is 5.91 Å². The number of amides is 1. The second-order valence-corrected chi connectivity index (χ2v) is 6.79. The summed E-state index contributed by atoms with van der Waals surface area (Å²) in [6.45, 7) is 4.88. The number of rotatable bonds is 2. The van der Waals surface area contributed by atoms with Gasteiger partial charge in [0.05, 0.1) is 17.1 Å². The minimum atomic E-state index is -0.0191. The summed E-state index contributed by atoms with van der Waals surface area (Å²) < 4.78 is 0. The summed E-state index contributed by atoms with van der Waals surface area (Å²) in [6, 6.07) is 19.3. The van der Waals surface area contributed by atoms with Gasteiger partial charge in [0, 0.05) is 37.1 Å². The van der Waals surface area contributed by atoms with Gasteiger partial charge in [-0.3, -0.25) is 4.79 Å². The highest BCUT2D eigenvalue weighted by Crippen LogP contribution is 2.23. The molecule has 3 aromatic rings. The van der Waals surface area contributed by atoms with Crippen LogP contribution in [0.25, 0.3) is 10.9 Å². The fraction of sp³-hybridized carbons (Fsp3) is 0.227. The normalized spacial score (nSPS) is 14.2. The third-order valence-electron chi connectivity index (χ3n) is 5.04. The van der Waals surface area contributed by atoms with E-state index >= 15 is 0 Å². The highest BCUT2D eigenvalue weighted by atomic mass is 16.2. The van der Waals surface area contributed by atoms with Crippen molar-refractivity contribution >= 4 is 22.6 Å². The molecule has 0 spiro atoms. The maximum atomic E-state index is 12.7. The van der Waals surface area contributed by atoms with Gasteiger partial charge in [0.1, 0.15) is 5.82 Å². The number of nitriles is 1. The summed E-state index contributed by atoms with van der Waals surface area (Å²) in [5.74, 6) is 0.944. The molecular weight excluding hydrogens is 336 g/mol. The van der Waals surface area contributed by atoms with Crippen molar-refractivity contribution in [3.63, 3.8) is 0 Å². The first kappa shape index (κ1) is 17.0. The van der Waals surface area contributed by atoms with Gasteiger partial charge in [-0.05, 0) is 42.8 Å². The Bertz CT molecular complexity index is 1050. The number of aromatic nitrogens is 1. The molecule has 2 aromatic carbocycles. The summed E-state index contributed by atoms with van der Waals surface area (Å²) in [4.78, 5) is 21.6. The molecule has 4 rings (SSSR count). The molecule has 27 heavy (non-hydrogen) atoms. The number of benzene rings is 2. The minimum absolute atomic E-state index is 0.0191. The molecule has 1 fully saturated rings. The van der Waals surface area contributed by atoms with Crippen LogP contribution in [0.5, 0.6) is 0 Å². The van der Waals surface area contributed by atoms with Gasteiger partial charge in [0.2, 0.25) is 0 Å². The highest BCUT2D eigenvalue weighted by molar-refractivity contribution is 5.94. The molecule has 0 unspecified atom stereocenters. The maximum absolute atomic E-state index is 12.7. The number of hydrogen-bond donors (Lipinski definition) is 0. The molecule has 0 bridgehead atoms. The zero-order valence-corrected chi connectivity index (χ0v) is 15.2. The van der Waals surface area contributed by atoms with Crippen LogP contribution < -0.4 is 4.90 Å². The molecule has 1 amide bonds. The number of fused-ring (bicyclic) bond motifs is 1. The van der Waals surface area contributed by atoms with E-state index in [4.69, 9.17) is 10.2 Å². The van der Waals surface area contributed by atoms with Crippen molar-refractivity contribution in [2.45, 2.75) is 6.92 Å². The number of aryl methyl sites for hydroxylation is 1. The molecule has 0 aliphatic carbocycles. The smallest absolute Gasteiger partial charge is 0.254 e. The molecule has 1 saturated heterocycles. The first-order valence-corrected chi connectivity index (χ1v) is 9.06. The highest BCUT2D eigenvalue weighted by Gasteiger charge is 2.23. The van der Waals surface area contributed by atoms with Gasteiger partial charge in [-0.2, -0.15) is 5.26 Å². The summed E-state index contributed by atoms with van der Waals surface area (Å²) >= 11 is 0. The largest absolute Gasteiger partial charge is 0.353 e. The van der Waals surface area contributed by atoms with E-state index in [1.807, 2.05) is 23.1 Å². The predicted octanol–water partition coefficient (Wildman–Crippen LogP) is 3.38. The fourth-order valence-electron chi connectivity index (χ4n) is 3.54. The van der Waals surface area contributed by atoms with Crippen molar-refractivity contribution < 1.29 is 4.79 Å². The van der Waals surface area contributed by atoms with Crippen LogP contribution in [-0.2, 0) is 0 Å². The minimum Gasteiger partial charge on any atom is -0.353 e. The molecule has 0 N–H and O–H groups in total. The standard InChI is InChI=1S/C22H20N4O/c1-16-13-21(24-20-8-3-2-7-19(16)20)25-9-11-26(12-10-25)22(27)18-6-4-5-17(14-18)15-23/h2-8,13-14H,9-12H2,1H3. The van der Waals surface area contributed by atoms with Gasteiger partial charge in [0.15, 0.2) is 0 Å². The lowest BCUT2D eigenvalue weighted by molar-refractivity contribution is 0.0746. The molecule has 0 saturated carbocycles. The number of carbonyl (C=O) groups is 1. The number of hydrogen-bond acceptors (Lipinski definition) is 4. The molecule has 5 heteroatoms. The topological polar surface area (TPSA) is 60.2 Å². The van der Waals surface area contributed by atoms with Crippen LogP contribution >= 0.6 is 0 Å². The lowest BCUT2D eigenvalue weighted by atomic mass is 10.1. The zero-order chi connectivity index (χ0) is 18.8. The Morgan fingerprint density at radius 2 is 1.81 bits per heavy atom. The molecule has 134 valence electrons. The number of nitrogens with zero attached hydrogens (tertiary/aromatic N) is 4. The second kappa shape index (κ2) is 7.08. The molecule has 0 radical (unpaired) electrons. The third-order valence-corrected chi connectivity index (χ3v) is 5.04. The number of anilines is 1. The molecular formula is C22H20N4O. The summed E-state index contributed by atoms with van der Waals surface area (Å²) in [5.41, 5.74) is 3.29. The number of pyridine rings is 1.